The molecule has 17 heavy (non-hydrogen) atoms. The number of para-hydroxylation sites is 1. The molecule has 0 saturated carbocycles. The SMILES string of the molecule is CN1CCN(C(=O)Cc2ccccc2N)CC1. The van der Waals surface area contributed by atoms with Crippen molar-refractivity contribution in [1.82, 2.24) is 9.80 Å². The number of anilines is 1. The normalized spacial score (nSPS) is 17.1. The van der Waals surface area contributed by atoms with Crippen LogP contribution in [-0.2, 0) is 11.2 Å². The summed E-state index contributed by atoms with van der Waals surface area (Å²) < 4.78 is 0. The van der Waals surface area contributed by atoms with Gasteiger partial charge in [-0.2, -0.15) is 0 Å². The second kappa shape index (κ2) is 5.19. The minimum atomic E-state index is 0.177. The minimum Gasteiger partial charge on any atom is -0.398 e. The van der Waals surface area contributed by atoms with Crippen LogP contribution in [0.25, 0.3) is 0 Å². The maximum absolute atomic E-state index is 12.1. The van der Waals surface area contributed by atoms with Gasteiger partial charge >= 0.3 is 0 Å². The molecule has 0 unspecified atom stereocenters. The van der Waals surface area contributed by atoms with E-state index < -0.39 is 0 Å². The zero-order chi connectivity index (χ0) is 12.3. The number of carbonyl (C=O) groups is 1. The predicted molar refractivity (Wildman–Crippen MR) is 68.6 cm³/mol. The highest BCUT2D eigenvalue weighted by Gasteiger charge is 2.19. The number of piperazine rings is 1. The van der Waals surface area contributed by atoms with Gasteiger partial charge in [0.25, 0.3) is 0 Å². The fraction of sp³-hybridized carbons (Fsp3) is 0.462. The van der Waals surface area contributed by atoms with E-state index in [4.69, 9.17) is 5.73 Å². The zero-order valence-electron chi connectivity index (χ0n) is 10.2. The van der Waals surface area contributed by atoms with Crippen LogP contribution in [0.5, 0.6) is 0 Å². The number of carbonyl (C=O) groups excluding carboxylic acids is 1. The molecule has 1 aliphatic heterocycles. The van der Waals surface area contributed by atoms with Crippen LogP contribution in [0.4, 0.5) is 5.69 Å². The minimum absolute atomic E-state index is 0.177. The van der Waals surface area contributed by atoms with E-state index in [9.17, 15) is 4.79 Å². The largest absolute Gasteiger partial charge is 0.398 e. The predicted octanol–water partition coefficient (Wildman–Crippen LogP) is 0.585. The number of nitrogens with zero attached hydrogens (tertiary/aromatic N) is 2. The van der Waals surface area contributed by atoms with Gasteiger partial charge in [0.2, 0.25) is 5.91 Å². The van der Waals surface area contributed by atoms with Crippen molar-refractivity contribution in [1.29, 1.82) is 0 Å². The lowest BCUT2D eigenvalue weighted by Crippen LogP contribution is -2.47. The lowest BCUT2D eigenvalue weighted by atomic mass is 10.1. The van der Waals surface area contributed by atoms with Crippen LogP contribution in [-0.4, -0.2) is 48.9 Å². The standard InChI is InChI=1S/C13H19N3O/c1-15-6-8-16(9-7-15)13(17)10-11-4-2-3-5-12(11)14/h2-5H,6-10,14H2,1H3. The monoisotopic (exact) mass is 233 g/mol. The maximum atomic E-state index is 12.1. The van der Waals surface area contributed by atoms with E-state index in [1.807, 2.05) is 29.2 Å². The Labute approximate surface area is 102 Å². The number of rotatable bonds is 2. The zero-order valence-corrected chi connectivity index (χ0v) is 10.2. The molecule has 4 nitrogen and oxygen atoms in total. The molecule has 1 aliphatic rings. The third-order valence-electron chi connectivity index (χ3n) is 3.25. The molecule has 0 bridgehead atoms. The summed E-state index contributed by atoms with van der Waals surface area (Å²) in [6.45, 7) is 3.55. The maximum Gasteiger partial charge on any atom is 0.227 e. The molecule has 0 aliphatic carbocycles. The topological polar surface area (TPSA) is 49.6 Å². The van der Waals surface area contributed by atoms with E-state index in [0.29, 0.717) is 12.1 Å². The molecule has 2 rings (SSSR count). The molecule has 1 amide bonds. The Balaban J connectivity index is 1.95. The van der Waals surface area contributed by atoms with Crippen LogP contribution >= 0.6 is 0 Å². The molecule has 2 N–H and O–H groups in total. The Bertz CT molecular complexity index is 397. The Kier molecular flexibility index (Phi) is 3.64. The van der Waals surface area contributed by atoms with E-state index in [-0.39, 0.29) is 5.91 Å². The van der Waals surface area contributed by atoms with Gasteiger partial charge in [-0.15, -0.1) is 0 Å². The van der Waals surface area contributed by atoms with Gasteiger partial charge in [0.1, 0.15) is 0 Å². The van der Waals surface area contributed by atoms with Crippen molar-refractivity contribution in [3.63, 3.8) is 0 Å². The van der Waals surface area contributed by atoms with Crippen LogP contribution < -0.4 is 5.73 Å². The summed E-state index contributed by atoms with van der Waals surface area (Å²) in [6.07, 6.45) is 0.413. The van der Waals surface area contributed by atoms with E-state index in [2.05, 4.69) is 11.9 Å². The summed E-state index contributed by atoms with van der Waals surface area (Å²) in [5, 5.41) is 0. The number of likely N-dealkylation sites (N-methyl/N-ethyl adjacent to an activating group) is 1. The van der Waals surface area contributed by atoms with E-state index >= 15 is 0 Å². The number of amides is 1. The first-order valence-corrected chi connectivity index (χ1v) is 5.96. The Hall–Kier alpha value is -1.55. The van der Waals surface area contributed by atoms with Crippen LogP contribution in [0.1, 0.15) is 5.56 Å². The summed E-state index contributed by atoms with van der Waals surface area (Å²) >= 11 is 0. The van der Waals surface area contributed by atoms with Gasteiger partial charge in [-0.3, -0.25) is 4.79 Å². The molecular formula is C13H19N3O. The molecule has 1 aromatic rings. The smallest absolute Gasteiger partial charge is 0.227 e. The van der Waals surface area contributed by atoms with Crippen molar-refractivity contribution in [2.75, 3.05) is 39.0 Å². The average molecular weight is 233 g/mol. The molecule has 1 saturated heterocycles. The third kappa shape index (κ3) is 2.97. The Morgan fingerprint density at radius 1 is 1.24 bits per heavy atom. The molecule has 1 heterocycles. The first kappa shape index (κ1) is 11.9. The fourth-order valence-electron chi connectivity index (χ4n) is 2.03. The molecular weight excluding hydrogens is 214 g/mol. The van der Waals surface area contributed by atoms with E-state index in [0.717, 1.165) is 31.7 Å². The average Bonchev–Trinajstić information content (AvgIpc) is 2.33. The fourth-order valence-corrected chi connectivity index (χ4v) is 2.03. The highest BCUT2D eigenvalue weighted by molar-refractivity contribution is 5.80. The van der Waals surface area contributed by atoms with Crippen molar-refractivity contribution in [2.45, 2.75) is 6.42 Å². The van der Waals surface area contributed by atoms with Crippen molar-refractivity contribution >= 4 is 11.6 Å². The van der Waals surface area contributed by atoms with Crippen molar-refractivity contribution in [2.24, 2.45) is 0 Å². The summed E-state index contributed by atoms with van der Waals surface area (Å²) in [4.78, 5) is 16.2. The van der Waals surface area contributed by atoms with Crippen LogP contribution in [0.15, 0.2) is 24.3 Å². The Morgan fingerprint density at radius 2 is 1.88 bits per heavy atom. The number of hydrogen-bond acceptors (Lipinski definition) is 3. The molecule has 92 valence electrons. The lowest BCUT2D eigenvalue weighted by Gasteiger charge is -2.32. The molecule has 0 atom stereocenters. The quantitative estimate of drug-likeness (QED) is 0.760. The van der Waals surface area contributed by atoms with Crippen molar-refractivity contribution in [3.05, 3.63) is 29.8 Å². The van der Waals surface area contributed by atoms with Gasteiger partial charge in [0, 0.05) is 31.9 Å². The summed E-state index contributed by atoms with van der Waals surface area (Å²) in [5.74, 6) is 0.177. The van der Waals surface area contributed by atoms with Gasteiger partial charge in [0.05, 0.1) is 6.42 Å². The van der Waals surface area contributed by atoms with Crippen molar-refractivity contribution < 1.29 is 4.79 Å². The van der Waals surface area contributed by atoms with Gasteiger partial charge in [0.15, 0.2) is 0 Å². The lowest BCUT2D eigenvalue weighted by molar-refractivity contribution is -0.132. The van der Waals surface area contributed by atoms with E-state index in [1.165, 1.54) is 0 Å². The van der Waals surface area contributed by atoms with Crippen LogP contribution in [0, 0.1) is 0 Å². The molecule has 4 heteroatoms. The third-order valence-corrected chi connectivity index (χ3v) is 3.25. The summed E-state index contributed by atoms with van der Waals surface area (Å²) in [5.41, 5.74) is 7.47. The summed E-state index contributed by atoms with van der Waals surface area (Å²) in [6, 6.07) is 7.57. The van der Waals surface area contributed by atoms with Crippen LogP contribution in [0.3, 0.4) is 0 Å². The van der Waals surface area contributed by atoms with Gasteiger partial charge in [-0.25, -0.2) is 0 Å². The van der Waals surface area contributed by atoms with Gasteiger partial charge < -0.3 is 15.5 Å². The first-order valence-electron chi connectivity index (χ1n) is 5.96. The van der Waals surface area contributed by atoms with Gasteiger partial charge in [-0.1, -0.05) is 18.2 Å². The number of benzene rings is 1. The second-order valence-corrected chi connectivity index (χ2v) is 4.56. The van der Waals surface area contributed by atoms with Crippen molar-refractivity contribution in [3.8, 4) is 0 Å². The summed E-state index contributed by atoms with van der Waals surface area (Å²) in [7, 11) is 2.08. The second-order valence-electron chi connectivity index (χ2n) is 4.56. The number of hydrogen-bond donors (Lipinski definition) is 1. The highest BCUT2D eigenvalue weighted by Crippen LogP contribution is 2.13. The molecule has 1 aromatic carbocycles. The molecule has 0 aromatic heterocycles. The van der Waals surface area contributed by atoms with Crippen LogP contribution in [0.2, 0.25) is 0 Å². The van der Waals surface area contributed by atoms with Gasteiger partial charge in [-0.05, 0) is 18.7 Å². The Morgan fingerprint density at radius 3 is 2.53 bits per heavy atom. The number of nitrogens with two attached hydrogens (primary N) is 1. The highest BCUT2D eigenvalue weighted by atomic mass is 16.2. The molecule has 0 radical (unpaired) electrons. The van der Waals surface area contributed by atoms with E-state index in [1.54, 1.807) is 0 Å². The molecule has 1 fully saturated rings. The number of nitrogen functional groups attached to an aromatic ring is 1. The molecule has 0 spiro atoms. The first-order chi connectivity index (χ1) is 8.16.